The van der Waals surface area contributed by atoms with E-state index in [0.717, 1.165) is 18.4 Å². The Balaban J connectivity index is 2.20. The summed E-state index contributed by atoms with van der Waals surface area (Å²) in [5.74, 6) is 0.0733. The highest BCUT2D eigenvalue weighted by atomic mass is 16.1. The van der Waals surface area contributed by atoms with Crippen LogP contribution in [0.1, 0.15) is 62.2 Å². The van der Waals surface area contributed by atoms with Gasteiger partial charge >= 0.3 is 0 Å². The first kappa shape index (κ1) is 14.9. The Bertz CT molecular complexity index is 334. The Morgan fingerprint density at radius 3 is 2.33 bits per heavy atom. The van der Waals surface area contributed by atoms with Gasteiger partial charge in [-0.05, 0) is 6.42 Å². The number of nitrogens with two attached hydrogens (primary N) is 1. The molecule has 2 heteroatoms. The molecular formula is C16H25NO. The third-order valence-corrected chi connectivity index (χ3v) is 3.26. The van der Waals surface area contributed by atoms with Gasteiger partial charge in [0.25, 0.3) is 0 Å². The number of hydrogen-bond donors (Lipinski definition) is 1. The number of benzene rings is 1. The van der Waals surface area contributed by atoms with Crippen LogP contribution in [0.4, 0.5) is 0 Å². The molecule has 1 aromatic rings. The van der Waals surface area contributed by atoms with Crippen molar-refractivity contribution in [2.24, 2.45) is 5.73 Å². The number of carbonyl (C=O) groups is 1. The van der Waals surface area contributed by atoms with Gasteiger partial charge in [0.2, 0.25) is 0 Å². The van der Waals surface area contributed by atoms with Gasteiger partial charge in [0.05, 0.1) is 6.04 Å². The summed E-state index contributed by atoms with van der Waals surface area (Å²) in [7, 11) is 0. The Labute approximate surface area is 111 Å². The largest absolute Gasteiger partial charge is 0.321 e. The summed E-state index contributed by atoms with van der Waals surface area (Å²) in [6, 6.07) is 9.01. The fourth-order valence-corrected chi connectivity index (χ4v) is 2.09. The summed E-state index contributed by atoms with van der Waals surface area (Å²) in [4.78, 5) is 12.0. The highest BCUT2D eigenvalue weighted by molar-refractivity contribution is 5.99. The van der Waals surface area contributed by atoms with Gasteiger partial charge in [-0.25, -0.2) is 0 Å². The summed E-state index contributed by atoms with van der Waals surface area (Å²) in [5.41, 5.74) is 6.67. The Kier molecular flexibility index (Phi) is 7.35. The van der Waals surface area contributed by atoms with Crippen LogP contribution in [0.3, 0.4) is 0 Å². The average Bonchev–Trinajstić information content (AvgIpc) is 2.42. The normalized spacial score (nSPS) is 12.3. The third-order valence-electron chi connectivity index (χ3n) is 3.26. The standard InChI is InChI=1S/C16H25NO/c1-2-3-4-5-6-10-13-15(17)16(18)14-11-8-7-9-12-14/h7-9,11-12,15H,2-6,10,13,17H2,1H3/t15-/m0/s1. The maximum absolute atomic E-state index is 12.0. The second kappa shape index (κ2) is 8.87. The van der Waals surface area contributed by atoms with Crippen LogP contribution in [0.15, 0.2) is 30.3 Å². The fourth-order valence-electron chi connectivity index (χ4n) is 2.09. The van der Waals surface area contributed by atoms with Gasteiger partial charge in [-0.3, -0.25) is 4.79 Å². The van der Waals surface area contributed by atoms with Crippen molar-refractivity contribution in [3.8, 4) is 0 Å². The zero-order chi connectivity index (χ0) is 13.2. The van der Waals surface area contributed by atoms with E-state index in [9.17, 15) is 4.79 Å². The van der Waals surface area contributed by atoms with Crippen molar-refractivity contribution < 1.29 is 4.79 Å². The van der Waals surface area contributed by atoms with E-state index in [0.29, 0.717) is 0 Å². The molecule has 2 N–H and O–H groups in total. The molecule has 1 aromatic carbocycles. The van der Waals surface area contributed by atoms with Gasteiger partial charge in [0, 0.05) is 5.56 Å². The molecule has 1 atom stereocenters. The van der Waals surface area contributed by atoms with Gasteiger partial charge in [-0.1, -0.05) is 75.8 Å². The minimum atomic E-state index is -0.335. The molecule has 0 saturated heterocycles. The average molecular weight is 247 g/mol. The molecule has 0 radical (unpaired) electrons. The van der Waals surface area contributed by atoms with E-state index in [1.165, 1.54) is 32.1 Å². The van der Waals surface area contributed by atoms with Crippen molar-refractivity contribution in [2.45, 2.75) is 57.9 Å². The molecule has 0 bridgehead atoms. The topological polar surface area (TPSA) is 43.1 Å². The lowest BCUT2D eigenvalue weighted by molar-refractivity contribution is 0.0956. The number of carbonyl (C=O) groups excluding carboxylic acids is 1. The summed E-state index contributed by atoms with van der Waals surface area (Å²) in [6.45, 7) is 2.22. The highest BCUT2D eigenvalue weighted by Gasteiger charge is 2.14. The van der Waals surface area contributed by atoms with E-state index in [1.807, 2.05) is 30.3 Å². The summed E-state index contributed by atoms with van der Waals surface area (Å²) in [6.07, 6.45) is 8.21. The second-order valence-electron chi connectivity index (χ2n) is 4.89. The van der Waals surface area contributed by atoms with Gasteiger partial charge in [0.1, 0.15) is 0 Å². The minimum absolute atomic E-state index is 0.0733. The predicted octanol–water partition coefficient (Wildman–Crippen LogP) is 3.95. The van der Waals surface area contributed by atoms with Crippen LogP contribution in [-0.2, 0) is 0 Å². The smallest absolute Gasteiger partial charge is 0.179 e. The van der Waals surface area contributed by atoms with Crippen LogP contribution in [0, 0.1) is 0 Å². The molecule has 0 amide bonds. The Morgan fingerprint density at radius 1 is 1.06 bits per heavy atom. The van der Waals surface area contributed by atoms with Crippen LogP contribution in [0.25, 0.3) is 0 Å². The van der Waals surface area contributed by atoms with E-state index in [4.69, 9.17) is 5.73 Å². The van der Waals surface area contributed by atoms with Crippen molar-refractivity contribution >= 4 is 5.78 Å². The first-order valence-electron chi connectivity index (χ1n) is 7.10. The molecule has 0 aromatic heterocycles. The number of ketones is 1. The van der Waals surface area contributed by atoms with Gasteiger partial charge in [0.15, 0.2) is 5.78 Å². The lowest BCUT2D eigenvalue weighted by atomic mass is 9.99. The number of unbranched alkanes of at least 4 members (excludes halogenated alkanes) is 5. The van der Waals surface area contributed by atoms with E-state index in [-0.39, 0.29) is 11.8 Å². The maximum atomic E-state index is 12.0. The minimum Gasteiger partial charge on any atom is -0.321 e. The van der Waals surface area contributed by atoms with E-state index in [2.05, 4.69) is 6.92 Å². The number of Topliss-reactive ketones (excluding diaryl/α,β-unsaturated/α-hetero) is 1. The van der Waals surface area contributed by atoms with Crippen molar-refractivity contribution in [3.05, 3.63) is 35.9 Å². The molecule has 2 nitrogen and oxygen atoms in total. The molecule has 0 saturated carbocycles. The summed E-state index contributed by atoms with van der Waals surface area (Å²) < 4.78 is 0. The first-order chi connectivity index (χ1) is 8.75. The second-order valence-corrected chi connectivity index (χ2v) is 4.89. The van der Waals surface area contributed by atoms with Crippen LogP contribution >= 0.6 is 0 Å². The Hall–Kier alpha value is -1.15. The molecule has 0 spiro atoms. The molecule has 100 valence electrons. The highest BCUT2D eigenvalue weighted by Crippen LogP contribution is 2.10. The monoisotopic (exact) mass is 247 g/mol. The maximum Gasteiger partial charge on any atom is 0.179 e. The van der Waals surface area contributed by atoms with E-state index in [1.54, 1.807) is 0 Å². The zero-order valence-corrected chi connectivity index (χ0v) is 11.4. The first-order valence-corrected chi connectivity index (χ1v) is 7.10. The van der Waals surface area contributed by atoms with E-state index < -0.39 is 0 Å². The molecule has 0 unspecified atom stereocenters. The van der Waals surface area contributed by atoms with Gasteiger partial charge in [-0.15, -0.1) is 0 Å². The van der Waals surface area contributed by atoms with Crippen molar-refractivity contribution in [1.29, 1.82) is 0 Å². The molecule has 18 heavy (non-hydrogen) atoms. The van der Waals surface area contributed by atoms with E-state index >= 15 is 0 Å². The SMILES string of the molecule is CCCCCCCC[C@H](N)C(=O)c1ccccc1. The molecule has 0 aliphatic carbocycles. The third kappa shape index (κ3) is 5.46. The molecule has 0 aliphatic heterocycles. The molecular weight excluding hydrogens is 222 g/mol. The van der Waals surface area contributed by atoms with Crippen molar-refractivity contribution in [3.63, 3.8) is 0 Å². The summed E-state index contributed by atoms with van der Waals surface area (Å²) in [5, 5.41) is 0. The molecule has 0 fully saturated rings. The zero-order valence-electron chi connectivity index (χ0n) is 11.4. The fraction of sp³-hybridized carbons (Fsp3) is 0.562. The lowest BCUT2D eigenvalue weighted by Crippen LogP contribution is -2.30. The summed E-state index contributed by atoms with van der Waals surface area (Å²) >= 11 is 0. The molecule has 0 aliphatic rings. The van der Waals surface area contributed by atoms with Crippen LogP contribution < -0.4 is 5.73 Å². The van der Waals surface area contributed by atoms with Crippen LogP contribution in [-0.4, -0.2) is 11.8 Å². The molecule has 0 heterocycles. The quantitative estimate of drug-likeness (QED) is 0.530. The van der Waals surface area contributed by atoms with Crippen molar-refractivity contribution in [1.82, 2.24) is 0 Å². The van der Waals surface area contributed by atoms with Crippen molar-refractivity contribution in [2.75, 3.05) is 0 Å². The Morgan fingerprint density at radius 2 is 1.67 bits per heavy atom. The van der Waals surface area contributed by atoms with Crippen LogP contribution in [0.2, 0.25) is 0 Å². The van der Waals surface area contributed by atoms with Crippen LogP contribution in [0.5, 0.6) is 0 Å². The molecule has 1 rings (SSSR count). The van der Waals surface area contributed by atoms with Gasteiger partial charge < -0.3 is 5.73 Å². The van der Waals surface area contributed by atoms with Gasteiger partial charge in [-0.2, -0.15) is 0 Å². The number of hydrogen-bond acceptors (Lipinski definition) is 2. The number of rotatable bonds is 9. The predicted molar refractivity (Wildman–Crippen MR) is 76.7 cm³/mol. The lowest BCUT2D eigenvalue weighted by Gasteiger charge is -2.10.